The van der Waals surface area contributed by atoms with Gasteiger partial charge in [-0.05, 0) is 0 Å². The third kappa shape index (κ3) is 11.8. The zero-order valence-electron chi connectivity index (χ0n) is 1.39. The summed E-state index contributed by atoms with van der Waals surface area (Å²) in [5.74, 6) is 0. The molecule has 0 amide bonds. The Kier molecular flexibility index (Phi) is 681. The zero-order chi connectivity index (χ0) is 0. The SMILES string of the molecule is [F-].[F-].[F-].[Lu+3]. The van der Waals surface area contributed by atoms with Crippen molar-refractivity contribution in [3.63, 3.8) is 0 Å². The third-order valence-corrected chi connectivity index (χ3v) is 0. The summed E-state index contributed by atoms with van der Waals surface area (Å²) in [5, 5.41) is 0. The largest absolute Gasteiger partial charge is 3.00 e. The van der Waals surface area contributed by atoms with Gasteiger partial charge in [-0.3, -0.25) is 0 Å². The molecule has 0 aliphatic rings. The smallest absolute Gasteiger partial charge is 1.00 e. The van der Waals surface area contributed by atoms with E-state index in [1.165, 1.54) is 0 Å². The summed E-state index contributed by atoms with van der Waals surface area (Å²) in [6.07, 6.45) is 0. The minimum Gasteiger partial charge on any atom is -1.00 e. The number of hydrogen-bond acceptors (Lipinski definition) is 0. The molecule has 0 saturated heterocycles. The number of hydrogen-bond donors (Lipinski definition) is 0. The van der Waals surface area contributed by atoms with Crippen molar-refractivity contribution in [2.45, 2.75) is 0 Å². The van der Waals surface area contributed by atoms with E-state index in [-0.39, 0.29) is 51.0 Å². The summed E-state index contributed by atoms with van der Waals surface area (Å²) in [6, 6.07) is 0. The Morgan fingerprint density at radius 1 is 0.500 bits per heavy atom. The van der Waals surface area contributed by atoms with Gasteiger partial charge in [0.1, 0.15) is 0 Å². The molecule has 0 unspecified atom stereocenters. The van der Waals surface area contributed by atoms with Crippen molar-refractivity contribution in [2.24, 2.45) is 0 Å². The second-order valence-electron chi connectivity index (χ2n) is 0. The second kappa shape index (κ2) is 35.1. The maximum atomic E-state index is 0. The van der Waals surface area contributed by atoms with Crippen LogP contribution in [0.25, 0.3) is 0 Å². The fourth-order valence-electron chi connectivity index (χ4n) is 0. The van der Waals surface area contributed by atoms with Crippen LogP contribution in [-0.4, -0.2) is 0 Å². The van der Waals surface area contributed by atoms with Gasteiger partial charge in [0, 0.05) is 0 Å². The fraction of sp³-hybridized carbons (Fsp3) is 0. The van der Waals surface area contributed by atoms with E-state index in [2.05, 4.69) is 0 Å². The van der Waals surface area contributed by atoms with Crippen molar-refractivity contribution >= 4 is 0 Å². The van der Waals surface area contributed by atoms with Gasteiger partial charge in [0.15, 0.2) is 0 Å². The Morgan fingerprint density at radius 3 is 0.500 bits per heavy atom. The van der Waals surface area contributed by atoms with Gasteiger partial charge in [-0.1, -0.05) is 0 Å². The Bertz CT molecular complexity index is 3.25. The maximum Gasteiger partial charge on any atom is 3.00 e. The molecule has 0 spiro atoms. The van der Waals surface area contributed by atoms with Crippen LogP contribution >= 0.6 is 0 Å². The topological polar surface area (TPSA) is 0 Å². The van der Waals surface area contributed by atoms with E-state index in [0.29, 0.717) is 0 Å². The molecule has 0 aromatic rings. The molecule has 4 heavy (non-hydrogen) atoms. The van der Waals surface area contributed by atoms with Crippen molar-refractivity contribution in [2.75, 3.05) is 0 Å². The van der Waals surface area contributed by atoms with Crippen LogP contribution in [0.4, 0.5) is 0 Å². The van der Waals surface area contributed by atoms with Gasteiger partial charge in [-0.15, -0.1) is 0 Å². The first-order chi connectivity index (χ1) is 0. The molecular weight excluding hydrogens is 232 g/mol. The van der Waals surface area contributed by atoms with Crippen LogP contribution in [0.15, 0.2) is 0 Å². The van der Waals surface area contributed by atoms with Crippen molar-refractivity contribution in [3.8, 4) is 0 Å². The fourth-order valence-corrected chi connectivity index (χ4v) is 0. The summed E-state index contributed by atoms with van der Waals surface area (Å²) >= 11 is 0. The summed E-state index contributed by atoms with van der Waals surface area (Å²) in [5.41, 5.74) is 0. The standard InChI is InChI=1S/3FH.Lu/h3*1H;/q;;;+3/p-3. The molecule has 0 atom stereocenters. The van der Waals surface area contributed by atoms with Gasteiger partial charge in [-0.25, -0.2) is 0 Å². The van der Waals surface area contributed by atoms with Crippen LogP contribution in [0.2, 0.25) is 0 Å². The molecule has 0 saturated carbocycles. The predicted octanol–water partition coefficient (Wildman–Crippen LogP) is -8.99. The first kappa shape index (κ1) is 77.6. The van der Waals surface area contributed by atoms with E-state index >= 15 is 0 Å². The molecule has 0 aliphatic carbocycles. The van der Waals surface area contributed by atoms with Crippen molar-refractivity contribution in [3.05, 3.63) is 0 Å². The molecule has 0 N–H and O–H groups in total. The molecular formula is F3Lu. The molecule has 0 nitrogen and oxygen atoms in total. The normalized spacial score (nSPS) is 0. The molecule has 0 aromatic heterocycles. The molecule has 36 valence electrons. The average molecular weight is 232 g/mol. The van der Waals surface area contributed by atoms with E-state index in [0.717, 1.165) is 0 Å². The predicted molar refractivity (Wildman–Crippen MR) is 0 cm³/mol. The van der Waals surface area contributed by atoms with Crippen molar-refractivity contribution in [1.82, 2.24) is 0 Å². The number of halogens is 3. The maximum absolute atomic E-state index is 0. The Morgan fingerprint density at radius 2 is 0.500 bits per heavy atom. The summed E-state index contributed by atoms with van der Waals surface area (Å²) in [7, 11) is 0. The molecule has 0 heterocycles. The van der Waals surface area contributed by atoms with Crippen LogP contribution in [0.1, 0.15) is 0 Å². The molecule has 0 fully saturated rings. The van der Waals surface area contributed by atoms with Gasteiger partial charge >= 0.3 is 36.9 Å². The van der Waals surface area contributed by atoms with Gasteiger partial charge in [0.2, 0.25) is 0 Å². The van der Waals surface area contributed by atoms with E-state index in [4.69, 9.17) is 0 Å². The molecule has 0 bridgehead atoms. The monoisotopic (exact) mass is 232 g/mol. The van der Waals surface area contributed by atoms with E-state index in [1.54, 1.807) is 0 Å². The molecule has 0 radical (unpaired) electrons. The van der Waals surface area contributed by atoms with Gasteiger partial charge in [0.05, 0.1) is 0 Å². The summed E-state index contributed by atoms with van der Waals surface area (Å²) < 4.78 is 0. The van der Waals surface area contributed by atoms with Gasteiger partial charge in [0.25, 0.3) is 0 Å². The van der Waals surface area contributed by atoms with Crippen molar-refractivity contribution < 1.29 is 51.0 Å². The summed E-state index contributed by atoms with van der Waals surface area (Å²) in [4.78, 5) is 0. The van der Waals surface area contributed by atoms with Crippen LogP contribution in [0, 0.1) is 36.9 Å². The van der Waals surface area contributed by atoms with Gasteiger partial charge < -0.3 is 14.1 Å². The minimum atomic E-state index is 0. The van der Waals surface area contributed by atoms with Crippen LogP contribution < -0.4 is 14.1 Å². The van der Waals surface area contributed by atoms with Crippen molar-refractivity contribution in [1.29, 1.82) is 0 Å². The Hall–Kier alpha value is 1.02. The third-order valence-electron chi connectivity index (χ3n) is 0. The molecule has 4 heteroatoms. The second-order valence-corrected chi connectivity index (χ2v) is 0. The van der Waals surface area contributed by atoms with E-state index in [1.807, 2.05) is 0 Å². The molecule has 0 aliphatic heterocycles. The minimum absolute atomic E-state index is 0. The van der Waals surface area contributed by atoms with E-state index in [9.17, 15) is 0 Å². The van der Waals surface area contributed by atoms with Crippen LogP contribution in [0.3, 0.4) is 0 Å². The molecule has 0 aromatic carbocycles. The molecule has 0 rings (SSSR count). The quantitative estimate of drug-likeness (QED) is 0.389. The number of rotatable bonds is 0. The van der Waals surface area contributed by atoms with Crippen LogP contribution in [-0.2, 0) is 0 Å². The Balaban J connectivity index is 0. The average Bonchev–Trinajstić information content (AvgIpc) is 0. The zero-order valence-corrected chi connectivity index (χ0v) is 3.05. The summed E-state index contributed by atoms with van der Waals surface area (Å²) in [6.45, 7) is 0. The first-order valence-corrected chi connectivity index (χ1v) is 0. The van der Waals surface area contributed by atoms with Gasteiger partial charge in [-0.2, -0.15) is 0 Å². The van der Waals surface area contributed by atoms with Crippen LogP contribution in [0.5, 0.6) is 0 Å². The van der Waals surface area contributed by atoms with E-state index < -0.39 is 0 Å². The Labute approximate surface area is 50.9 Å². The first-order valence-electron chi connectivity index (χ1n) is 0.